The number of ether oxygens (including phenoxy) is 1. The molecule has 82 valence electrons. The molecule has 0 aliphatic heterocycles. The Labute approximate surface area is 105 Å². The topological polar surface area (TPSA) is 46.5 Å². The van der Waals surface area contributed by atoms with E-state index < -0.39 is 12.1 Å². The number of benzene rings is 1. The summed E-state index contributed by atoms with van der Waals surface area (Å²) in [6.45, 7) is 1.77. The molecular weight excluding hydrogens is 328 g/mol. The summed E-state index contributed by atoms with van der Waals surface area (Å²) in [5.41, 5.74) is 0. The smallest absolute Gasteiger partial charge is 0.344 e. The molecule has 1 rings (SSSR count). The fourth-order valence-corrected chi connectivity index (χ4v) is 2.32. The number of halogens is 2. The van der Waals surface area contributed by atoms with Gasteiger partial charge in [0.05, 0.1) is 0 Å². The molecule has 3 nitrogen and oxygen atoms in total. The number of hydrogen-bond donors (Lipinski definition) is 1. The third-order valence-corrected chi connectivity index (χ3v) is 2.68. The Morgan fingerprint density at radius 2 is 1.93 bits per heavy atom. The normalized spacial score (nSPS) is 12.2. The van der Waals surface area contributed by atoms with Crippen LogP contribution in [0.25, 0.3) is 0 Å². The third kappa shape index (κ3) is 3.83. The SMILES string of the molecule is CCC(Oc1cc(Br)cc(Br)c1)C(=O)O. The Balaban J connectivity index is 2.83. The van der Waals surface area contributed by atoms with Crippen LogP contribution in [0.5, 0.6) is 5.75 Å². The number of carboxylic acid groups (broad SMARTS) is 1. The van der Waals surface area contributed by atoms with Crippen LogP contribution >= 0.6 is 31.9 Å². The summed E-state index contributed by atoms with van der Waals surface area (Å²) < 4.78 is 7.01. The van der Waals surface area contributed by atoms with Crippen LogP contribution in [0.15, 0.2) is 27.1 Å². The van der Waals surface area contributed by atoms with Crippen LogP contribution in [0.1, 0.15) is 13.3 Å². The first-order valence-corrected chi connectivity index (χ1v) is 5.97. The van der Waals surface area contributed by atoms with Gasteiger partial charge in [-0.05, 0) is 24.6 Å². The van der Waals surface area contributed by atoms with E-state index in [2.05, 4.69) is 31.9 Å². The predicted molar refractivity (Wildman–Crippen MR) is 64.2 cm³/mol. The lowest BCUT2D eigenvalue weighted by molar-refractivity contribution is -0.145. The number of carboxylic acids is 1. The maximum atomic E-state index is 10.8. The van der Waals surface area contributed by atoms with Crippen molar-refractivity contribution >= 4 is 37.8 Å². The first kappa shape index (κ1) is 12.5. The molecule has 0 amide bonds. The monoisotopic (exact) mass is 336 g/mol. The summed E-state index contributed by atoms with van der Waals surface area (Å²) in [6.07, 6.45) is -0.370. The minimum absolute atomic E-state index is 0.430. The van der Waals surface area contributed by atoms with Gasteiger partial charge in [0.25, 0.3) is 0 Å². The molecule has 0 saturated heterocycles. The molecule has 0 aliphatic carbocycles. The van der Waals surface area contributed by atoms with Crippen molar-refractivity contribution in [3.05, 3.63) is 27.1 Å². The van der Waals surface area contributed by atoms with Crippen molar-refractivity contribution in [3.63, 3.8) is 0 Å². The zero-order valence-electron chi connectivity index (χ0n) is 8.04. The minimum Gasteiger partial charge on any atom is -0.479 e. The van der Waals surface area contributed by atoms with Crippen molar-refractivity contribution in [2.75, 3.05) is 0 Å². The summed E-state index contributed by atoms with van der Waals surface area (Å²) in [4.78, 5) is 10.8. The maximum absolute atomic E-state index is 10.8. The van der Waals surface area contributed by atoms with E-state index in [1.54, 1.807) is 19.1 Å². The molecule has 1 aromatic carbocycles. The quantitative estimate of drug-likeness (QED) is 0.915. The van der Waals surface area contributed by atoms with Gasteiger partial charge < -0.3 is 9.84 Å². The molecule has 0 fully saturated rings. The lowest BCUT2D eigenvalue weighted by atomic mass is 10.3. The second-order valence-corrected chi connectivity index (χ2v) is 4.79. The van der Waals surface area contributed by atoms with E-state index in [1.807, 2.05) is 6.07 Å². The van der Waals surface area contributed by atoms with Crippen LogP contribution in [0.2, 0.25) is 0 Å². The van der Waals surface area contributed by atoms with Gasteiger partial charge in [-0.15, -0.1) is 0 Å². The van der Waals surface area contributed by atoms with E-state index in [4.69, 9.17) is 9.84 Å². The second kappa shape index (κ2) is 5.51. The van der Waals surface area contributed by atoms with Gasteiger partial charge >= 0.3 is 5.97 Å². The molecule has 0 radical (unpaired) electrons. The summed E-state index contributed by atoms with van der Waals surface area (Å²) in [6, 6.07) is 5.32. The van der Waals surface area contributed by atoms with Crippen LogP contribution in [0.4, 0.5) is 0 Å². The molecule has 1 N–H and O–H groups in total. The van der Waals surface area contributed by atoms with Gasteiger partial charge in [-0.2, -0.15) is 0 Å². The lowest BCUT2D eigenvalue weighted by Gasteiger charge is -2.13. The first-order chi connectivity index (χ1) is 7.02. The zero-order chi connectivity index (χ0) is 11.4. The highest BCUT2D eigenvalue weighted by molar-refractivity contribution is 9.11. The van der Waals surface area contributed by atoms with Gasteiger partial charge in [-0.25, -0.2) is 4.79 Å². The number of carbonyl (C=O) groups is 1. The lowest BCUT2D eigenvalue weighted by Crippen LogP contribution is -2.25. The molecule has 0 aliphatic rings. The molecule has 0 saturated carbocycles. The Kier molecular flexibility index (Phi) is 4.60. The standard InChI is InChI=1S/C10H10Br2O3/c1-2-9(10(13)14)15-8-4-6(11)3-7(12)5-8/h3-5,9H,2H2,1H3,(H,13,14). The van der Waals surface area contributed by atoms with E-state index in [-0.39, 0.29) is 0 Å². The van der Waals surface area contributed by atoms with E-state index in [1.165, 1.54) is 0 Å². The van der Waals surface area contributed by atoms with E-state index >= 15 is 0 Å². The van der Waals surface area contributed by atoms with Crippen LogP contribution in [0.3, 0.4) is 0 Å². The van der Waals surface area contributed by atoms with Gasteiger partial charge in [0.15, 0.2) is 6.10 Å². The molecule has 0 bridgehead atoms. The first-order valence-electron chi connectivity index (χ1n) is 4.38. The van der Waals surface area contributed by atoms with Gasteiger partial charge in [-0.3, -0.25) is 0 Å². The fourth-order valence-electron chi connectivity index (χ4n) is 1.07. The number of hydrogen-bond acceptors (Lipinski definition) is 2. The fraction of sp³-hybridized carbons (Fsp3) is 0.300. The Hall–Kier alpha value is -0.550. The summed E-state index contributed by atoms with van der Waals surface area (Å²) in [5.74, 6) is -0.418. The molecule has 1 atom stereocenters. The highest BCUT2D eigenvalue weighted by Crippen LogP contribution is 2.25. The predicted octanol–water partition coefficient (Wildman–Crippen LogP) is 3.45. The van der Waals surface area contributed by atoms with Crippen LogP contribution in [-0.2, 0) is 4.79 Å². The Bertz CT molecular complexity index is 345. The van der Waals surface area contributed by atoms with Gasteiger partial charge in [0.1, 0.15) is 5.75 Å². The number of aliphatic carboxylic acids is 1. The molecule has 1 unspecified atom stereocenters. The van der Waals surface area contributed by atoms with Crippen molar-refractivity contribution in [1.29, 1.82) is 0 Å². The average Bonchev–Trinajstić information content (AvgIpc) is 2.12. The van der Waals surface area contributed by atoms with E-state index in [9.17, 15) is 4.79 Å². The zero-order valence-corrected chi connectivity index (χ0v) is 11.2. The van der Waals surface area contributed by atoms with Crippen molar-refractivity contribution in [2.45, 2.75) is 19.4 Å². The third-order valence-electron chi connectivity index (χ3n) is 1.76. The van der Waals surface area contributed by atoms with Gasteiger partial charge in [0.2, 0.25) is 0 Å². The van der Waals surface area contributed by atoms with E-state index in [0.717, 1.165) is 8.95 Å². The second-order valence-electron chi connectivity index (χ2n) is 2.96. The average molecular weight is 338 g/mol. The van der Waals surface area contributed by atoms with Crippen molar-refractivity contribution in [1.82, 2.24) is 0 Å². The largest absolute Gasteiger partial charge is 0.479 e. The van der Waals surface area contributed by atoms with Crippen molar-refractivity contribution in [3.8, 4) is 5.75 Å². The van der Waals surface area contributed by atoms with Crippen molar-refractivity contribution < 1.29 is 14.6 Å². The Morgan fingerprint density at radius 3 is 2.33 bits per heavy atom. The summed E-state index contributed by atoms with van der Waals surface area (Å²) >= 11 is 6.61. The minimum atomic E-state index is -0.950. The number of rotatable bonds is 4. The molecule has 0 aromatic heterocycles. The van der Waals surface area contributed by atoms with E-state index in [0.29, 0.717) is 12.2 Å². The highest BCUT2D eigenvalue weighted by atomic mass is 79.9. The molecule has 5 heteroatoms. The Morgan fingerprint density at radius 1 is 1.40 bits per heavy atom. The molecule has 0 spiro atoms. The van der Waals surface area contributed by atoms with Crippen LogP contribution in [0, 0.1) is 0 Å². The van der Waals surface area contributed by atoms with Crippen molar-refractivity contribution in [2.24, 2.45) is 0 Å². The summed E-state index contributed by atoms with van der Waals surface area (Å²) in [7, 11) is 0. The molecular formula is C10H10Br2O3. The highest BCUT2D eigenvalue weighted by Gasteiger charge is 2.16. The molecule has 15 heavy (non-hydrogen) atoms. The molecule has 0 heterocycles. The maximum Gasteiger partial charge on any atom is 0.344 e. The molecule has 1 aromatic rings. The van der Waals surface area contributed by atoms with Crippen LogP contribution in [-0.4, -0.2) is 17.2 Å². The van der Waals surface area contributed by atoms with Gasteiger partial charge in [-0.1, -0.05) is 38.8 Å². The van der Waals surface area contributed by atoms with Gasteiger partial charge in [0, 0.05) is 8.95 Å². The van der Waals surface area contributed by atoms with Crippen LogP contribution < -0.4 is 4.74 Å². The summed E-state index contributed by atoms with van der Waals surface area (Å²) in [5, 5.41) is 8.82.